The van der Waals surface area contributed by atoms with E-state index in [9.17, 15) is 4.79 Å². The van der Waals surface area contributed by atoms with E-state index in [1.807, 2.05) is 12.1 Å². The highest BCUT2D eigenvalue weighted by Gasteiger charge is 2.31. The lowest BCUT2D eigenvalue weighted by Crippen LogP contribution is -2.44. The number of benzene rings is 1. The average molecular weight is 316 g/mol. The molecule has 1 fully saturated rings. The van der Waals surface area contributed by atoms with E-state index in [-0.39, 0.29) is 12.0 Å². The quantitative estimate of drug-likeness (QED) is 0.931. The Balaban J connectivity index is 1.46. The van der Waals surface area contributed by atoms with Crippen LogP contribution in [0.25, 0.3) is 0 Å². The third-order valence-corrected chi connectivity index (χ3v) is 5.23. The van der Waals surface area contributed by atoms with Gasteiger partial charge in [-0.05, 0) is 32.0 Å². The zero-order valence-corrected chi connectivity index (χ0v) is 13.6. The highest BCUT2D eigenvalue weighted by atomic mass is 16.6. The lowest BCUT2D eigenvalue weighted by Gasteiger charge is -2.35. The molecule has 0 aromatic heterocycles. The van der Waals surface area contributed by atoms with Gasteiger partial charge in [0.1, 0.15) is 12.7 Å². The maximum atomic E-state index is 11.6. The molecule has 5 nitrogen and oxygen atoms in total. The van der Waals surface area contributed by atoms with Crippen molar-refractivity contribution in [2.24, 2.45) is 0 Å². The molecule has 1 aliphatic carbocycles. The van der Waals surface area contributed by atoms with Crippen LogP contribution in [0.3, 0.4) is 0 Å². The van der Waals surface area contributed by atoms with Crippen LogP contribution in [0.2, 0.25) is 0 Å². The number of carbonyl (C=O) groups excluding carboxylic acids is 1. The van der Waals surface area contributed by atoms with Crippen LogP contribution < -0.4 is 14.8 Å². The van der Waals surface area contributed by atoms with Crippen LogP contribution in [0.15, 0.2) is 12.1 Å². The van der Waals surface area contributed by atoms with Gasteiger partial charge in [0.05, 0.1) is 6.42 Å². The molecule has 4 rings (SSSR count). The largest absolute Gasteiger partial charge is 0.486 e. The van der Waals surface area contributed by atoms with Crippen LogP contribution >= 0.6 is 0 Å². The van der Waals surface area contributed by atoms with E-state index in [4.69, 9.17) is 9.47 Å². The summed E-state index contributed by atoms with van der Waals surface area (Å²) in [6.07, 6.45) is 7.02. The SMILES string of the molecule is CN(CC1COc2ccc3c(c2O1)CC(=O)N3)C1CCCCC1. The van der Waals surface area contributed by atoms with Gasteiger partial charge in [-0.3, -0.25) is 9.69 Å². The highest BCUT2D eigenvalue weighted by Crippen LogP contribution is 2.42. The fourth-order valence-electron chi connectivity index (χ4n) is 3.96. The minimum Gasteiger partial charge on any atom is -0.486 e. The standard InChI is InChI=1S/C18H24N2O3/c1-20(12-5-3-2-4-6-12)10-13-11-22-16-8-7-15-14(18(16)23-13)9-17(21)19-15/h7-8,12-13H,2-6,9-11H2,1H3,(H,19,21). The van der Waals surface area contributed by atoms with Crippen LogP contribution in [-0.4, -0.2) is 43.2 Å². The summed E-state index contributed by atoms with van der Waals surface area (Å²) in [6.45, 7) is 1.44. The van der Waals surface area contributed by atoms with E-state index in [0.717, 1.165) is 29.3 Å². The van der Waals surface area contributed by atoms with Crippen molar-refractivity contribution in [3.8, 4) is 11.5 Å². The Morgan fingerprint density at radius 2 is 2.09 bits per heavy atom. The molecule has 2 heterocycles. The third-order valence-electron chi connectivity index (χ3n) is 5.23. The van der Waals surface area contributed by atoms with Crippen LogP contribution in [0, 0.1) is 0 Å². The second-order valence-corrected chi connectivity index (χ2v) is 6.93. The fourth-order valence-corrected chi connectivity index (χ4v) is 3.96. The predicted octanol–water partition coefficient (Wildman–Crippen LogP) is 2.59. The van der Waals surface area contributed by atoms with Gasteiger partial charge in [-0.1, -0.05) is 19.3 Å². The van der Waals surface area contributed by atoms with Crippen LogP contribution in [0.1, 0.15) is 37.7 Å². The van der Waals surface area contributed by atoms with Gasteiger partial charge in [-0.2, -0.15) is 0 Å². The van der Waals surface area contributed by atoms with Crippen molar-refractivity contribution in [1.29, 1.82) is 0 Å². The van der Waals surface area contributed by atoms with Gasteiger partial charge in [0.15, 0.2) is 11.5 Å². The summed E-state index contributed by atoms with van der Waals surface area (Å²) in [4.78, 5) is 14.1. The smallest absolute Gasteiger partial charge is 0.229 e. The maximum Gasteiger partial charge on any atom is 0.229 e. The van der Waals surface area contributed by atoms with E-state index >= 15 is 0 Å². The van der Waals surface area contributed by atoms with Crippen molar-refractivity contribution in [2.75, 3.05) is 25.5 Å². The molecular formula is C18H24N2O3. The lowest BCUT2D eigenvalue weighted by atomic mass is 9.94. The lowest BCUT2D eigenvalue weighted by molar-refractivity contribution is -0.115. The second kappa shape index (κ2) is 6.04. The number of anilines is 1. The molecule has 23 heavy (non-hydrogen) atoms. The van der Waals surface area contributed by atoms with E-state index in [1.165, 1.54) is 32.1 Å². The molecule has 0 spiro atoms. The highest BCUT2D eigenvalue weighted by molar-refractivity contribution is 6.00. The molecule has 1 N–H and O–H groups in total. The van der Waals surface area contributed by atoms with E-state index in [2.05, 4.69) is 17.3 Å². The van der Waals surface area contributed by atoms with Crippen LogP contribution in [-0.2, 0) is 11.2 Å². The number of carbonyl (C=O) groups is 1. The average Bonchev–Trinajstić information content (AvgIpc) is 2.96. The summed E-state index contributed by atoms with van der Waals surface area (Å²) in [5.41, 5.74) is 1.80. The summed E-state index contributed by atoms with van der Waals surface area (Å²) in [5.74, 6) is 1.55. The Morgan fingerprint density at radius 1 is 1.26 bits per heavy atom. The van der Waals surface area contributed by atoms with Crippen molar-refractivity contribution in [2.45, 2.75) is 50.7 Å². The van der Waals surface area contributed by atoms with E-state index < -0.39 is 0 Å². The molecule has 1 atom stereocenters. The maximum absolute atomic E-state index is 11.6. The van der Waals surface area contributed by atoms with Gasteiger partial charge >= 0.3 is 0 Å². The Morgan fingerprint density at radius 3 is 2.91 bits per heavy atom. The molecule has 0 bridgehead atoms. The number of fused-ring (bicyclic) bond motifs is 3. The number of amides is 1. The predicted molar refractivity (Wildman–Crippen MR) is 88.2 cm³/mol. The van der Waals surface area contributed by atoms with Crippen molar-refractivity contribution >= 4 is 11.6 Å². The van der Waals surface area contributed by atoms with Crippen molar-refractivity contribution in [3.63, 3.8) is 0 Å². The molecule has 0 saturated heterocycles. The minimum atomic E-state index is 0.0247. The number of ether oxygens (including phenoxy) is 2. The number of hydrogen-bond donors (Lipinski definition) is 1. The minimum absolute atomic E-state index is 0.0247. The summed E-state index contributed by atoms with van der Waals surface area (Å²) < 4.78 is 12.1. The second-order valence-electron chi connectivity index (χ2n) is 6.93. The number of likely N-dealkylation sites (N-methyl/N-ethyl adjacent to an activating group) is 1. The number of nitrogens with one attached hydrogen (secondary N) is 1. The van der Waals surface area contributed by atoms with Gasteiger partial charge in [-0.25, -0.2) is 0 Å². The first-order chi connectivity index (χ1) is 11.2. The zero-order chi connectivity index (χ0) is 15.8. The number of hydrogen-bond acceptors (Lipinski definition) is 4. The van der Waals surface area contributed by atoms with Gasteiger partial charge in [-0.15, -0.1) is 0 Å². The molecule has 1 saturated carbocycles. The first-order valence-electron chi connectivity index (χ1n) is 8.66. The van der Waals surface area contributed by atoms with Crippen molar-refractivity contribution in [1.82, 2.24) is 4.90 Å². The molecular weight excluding hydrogens is 292 g/mol. The van der Waals surface area contributed by atoms with Gasteiger partial charge < -0.3 is 14.8 Å². The first kappa shape index (κ1) is 14.8. The molecule has 3 aliphatic rings. The molecule has 1 amide bonds. The molecule has 2 aliphatic heterocycles. The van der Waals surface area contributed by atoms with Crippen molar-refractivity contribution < 1.29 is 14.3 Å². The molecule has 1 unspecified atom stereocenters. The molecule has 1 aromatic carbocycles. The summed E-state index contributed by atoms with van der Waals surface area (Å²) in [7, 11) is 2.19. The van der Waals surface area contributed by atoms with Crippen molar-refractivity contribution in [3.05, 3.63) is 17.7 Å². The van der Waals surface area contributed by atoms with Crippen LogP contribution in [0.5, 0.6) is 11.5 Å². The Hall–Kier alpha value is -1.75. The number of nitrogens with zero attached hydrogens (tertiary/aromatic N) is 1. The van der Waals surface area contributed by atoms with Gasteiger partial charge in [0.2, 0.25) is 5.91 Å². The Bertz CT molecular complexity index is 611. The van der Waals surface area contributed by atoms with E-state index in [1.54, 1.807) is 0 Å². The number of rotatable bonds is 3. The Labute approximate surface area is 136 Å². The summed E-state index contributed by atoms with van der Waals surface area (Å²) in [5, 5.41) is 2.87. The molecule has 1 aromatic rings. The monoisotopic (exact) mass is 316 g/mol. The molecule has 124 valence electrons. The first-order valence-corrected chi connectivity index (χ1v) is 8.66. The third kappa shape index (κ3) is 2.90. The van der Waals surface area contributed by atoms with E-state index in [0.29, 0.717) is 19.1 Å². The topological polar surface area (TPSA) is 50.8 Å². The van der Waals surface area contributed by atoms with Gasteiger partial charge in [0, 0.05) is 23.8 Å². The summed E-state index contributed by atoms with van der Waals surface area (Å²) >= 11 is 0. The molecule has 5 heteroatoms. The van der Waals surface area contributed by atoms with Crippen LogP contribution in [0.4, 0.5) is 5.69 Å². The Kier molecular flexibility index (Phi) is 3.89. The summed E-state index contributed by atoms with van der Waals surface area (Å²) in [6, 6.07) is 4.45. The fraction of sp³-hybridized carbons (Fsp3) is 0.611. The normalized spacial score (nSPS) is 23.7. The van der Waals surface area contributed by atoms with Gasteiger partial charge in [0.25, 0.3) is 0 Å². The molecule has 0 radical (unpaired) electrons. The zero-order valence-electron chi connectivity index (χ0n) is 13.6.